The molecule has 0 saturated heterocycles. The molecule has 0 aromatic heterocycles. The van der Waals surface area contributed by atoms with E-state index in [9.17, 15) is 0 Å². The van der Waals surface area contributed by atoms with Crippen LogP contribution in [-0.2, 0) is 6.54 Å². The van der Waals surface area contributed by atoms with Crippen LogP contribution < -0.4 is 0 Å². The van der Waals surface area contributed by atoms with Crippen LogP contribution in [0.5, 0.6) is 0 Å². The SMILES string of the molecule is CCCN(CCBr)Cc1c(C)cc(C)cc1C. The van der Waals surface area contributed by atoms with Gasteiger partial charge >= 0.3 is 0 Å². The van der Waals surface area contributed by atoms with Crippen molar-refractivity contribution in [2.75, 3.05) is 18.4 Å². The van der Waals surface area contributed by atoms with Crippen LogP contribution >= 0.6 is 15.9 Å². The van der Waals surface area contributed by atoms with Crippen LogP contribution in [-0.4, -0.2) is 23.3 Å². The molecule has 96 valence electrons. The highest BCUT2D eigenvalue weighted by Crippen LogP contribution is 2.18. The molecule has 0 unspecified atom stereocenters. The molecule has 1 aromatic rings. The van der Waals surface area contributed by atoms with Gasteiger partial charge in [-0.3, -0.25) is 4.90 Å². The molecule has 0 radical (unpaired) electrons. The van der Waals surface area contributed by atoms with E-state index in [0.29, 0.717) is 0 Å². The molecule has 2 heteroatoms. The second kappa shape index (κ2) is 7.17. The third-order valence-corrected chi connectivity index (χ3v) is 3.52. The topological polar surface area (TPSA) is 3.24 Å². The summed E-state index contributed by atoms with van der Waals surface area (Å²) < 4.78 is 0. The number of aryl methyl sites for hydroxylation is 3. The minimum Gasteiger partial charge on any atom is -0.298 e. The van der Waals surface area contributed by atoms with Crippen molar-refractivity contribution in [3.63, 3.8) is 0 Å². The van der Waals surface area contributed by atoms with Crippen LogP contribution in [0, 0.1) is 20.8 Å². The van der Waals surface area contributed by atoms with E-state index in [2.05, 4.69) is 60.7 Å². The summed E-state index contributed by atoms with van der Waals surface area (Å²) in [5.74, 6) is 0. The molecule has 0 saturated carbocycles. The molecule has 1 rings (SSSR count). The first kappa shape index (κ1) is 14.7. The fourth-order valence-electron chi connectivity index (χ4n) is 2.39. The first-order chi connectivity index (χ1) is 8.08. The van der Waals surface area contributed by atoms with Crippen molar-refractivity contribution < 1.29 is 0 Å². The zero-order chi connectivity index (χ0) is 12.8. The summed E-state index contributed by atoms with van der Waals surface area (Å²) in [4.78, 5) is 2.53. The maximum atomic E-state index is 3.54. The molecule has 0 fully saturated rings. The van der Waals surface area contributed by atoms with E-state index in [4.69, 9.17) is 0 Å². The maximum Gasteiger partial charge on any atom is 0.0239 e. The average molecular weight is 298 g/mol. The van der Waals surface area contributed by atoms with Crippen LogP contribution in [0.4, 0.5) is 0 Å². The Hall–Kier alpha value is -0.340. The molecule has 0 aliphatic rings. The van der Waals surface area contributed by atoms with Crippen molar-refractivity contribution in [1.82, 2.24) is 4.90 Å². The van der Waals surface area contributed by atoms with Gasteiger partial charge in [-0.05, 0) is 50.4 Å². The van der Waals surface area contributed by atoms with Gasteiger partial charge in [0.15, 0.2) is 0 Å². The van der Waals surface area contributed by atoms with Gasteiger partial charge in [-0.2, -0.15) is 0 Å². The summed E-state index contributed by atoms with van der Waals surface area (Å²) in [5.41, 5.74) is 5.73. The molecule has 1 aromatic carbocycles. The van der Waals surface area contributed by atoms with E-state index in [1.165, 1.54) is 35.2 Å². The lowest BCUT2D eigenvalue weighted by Crippen LogP contribution is -2.26. The Labute approximate surface area is 114 Å². The summed E-state index contributed by atoms with van der Waals surface area (Å²) in [6, 6.07) is 4.58. The second-order valence-electron chi connectivity index (χ2n) is 4.84. The molecule has 0 aliphatic carbocycles. The van der Waals surface area contributed by atoms with Crippen molar-refractivity contribution in [2.45, 2.75) is 40.7 Å². The number of alkyl halides is 1. The fourth-order valence-corrected chi connectivity index (χ4v) is 2.89. The summed E-state index contributed by atoms with van der Waals surface area (Å²) in [6.07, 6.45) is 1.22. The van der Waals surface area contributed by atoms with Gasteiger partial charge < -0.3 is 0 Å². The average Bonchev–Trinajstić information content (AvgIpc) is 2.23. The van der Waals surface area contributed by atoms with Gasteiger partial charge in [0.25, 0.3) is 0 Å². The lowest BCUT2D eigenvalue weighted by molar-refractivity contribution is 0.282. The molecule has 0 atom stereocenters. The molecule has 0 heterocycles. The van der Waals surface area contributed by atoms with Crippen LogP contribution in [0.2, 0.25) is 0 Å². The van der Waals surface area contributed by atoms with E-state index >= 15 is 0 Å². The molecule has 0 bridgehead atoms. The lowest BCUT2D eigenvalue weighted by atomic mass is 9.99. The molecule has 0 amide bonds. The molecule has 0 spiro atoms. The highest BCUT2D eigenvalue weighted by atomic mass is 79.9. The van der Waals surface area contributed by atoms with Crippen LogP contribution in [0.1, 0.15) is 35.6 Å². The molecular formula is C15H24BrN. The third-order valence-electron chi connectivity index (χ3n) is 3.16. The van der Waals surface area contributed by atoms with Gasteiger partial charge in [0.1, 0.15) is 0 Å². The van der Waals surface area contributed by atoms with Crippen molar-refractivity contribution in [2.24, 2.45) is 0 Å². The summed E-state index contributed by atoms with van der Waals surface area (Å²) in [7, 11) is 0. The van der Waals surface area contributed by atoms with Gasteiger partial charge in [-0.15, -0.1) is 0 Å². The number of hydrogen-bond acceptors (Lipinski definition) is 1. The van der Waals surface area contributed by atoms with E-state index in [0.717, 1.165) is 18.4 Å². The highest BCUT2D eigenvalue weighted by Gasteiger charge is 2.09. The number of halogens is 1. The Morgan fingerprint density at radius 3 is 2.12 bits per heavy atom. The van der Waals surface area contributed by atoms with Crippen molar-refractivity contribution >= 4 is 15.9 Å². The Kier molecular flexibility index (Phi) is 6.21. The van der Waals surface area contributed by atoms with Crippen molar-refractivity contribution in [3.8, 4) is 0 Å². The molecule has 17 heavy (non-hydrogen) atoms. The van der Waals surface area contributed by atoms with E-state index in [-0.39, 0.29) is 0 Å². The Morgan fingerprint density at radius 2 is 1.65 bits per heavy atom. The third kappa shape index (κ3) is 4.44. The zero-order valence-corrected chi connectivity index (χ0v) is 13.1. The van der Waals surface area contributed by atoms with E-state index in [1.807, 2.05) is 0 Å². The lowest BCUT2D eigenvalue weighted by Gasteiger charge is -2.23. The van der Waals surface area contributed by atoms with Crippen LogP contribution in [0.3, 0.4) is 0 Å². The Morgan fingerprint density at radius 1 is 1.06 bits per heavy atom. The minimum absolute atomic E-state index is 1.05. The smallest absolute Gasteiger partial charge is 0.0239 e. The quantitative estimate of drug-likeness (QED) is 0.711. The number of rotatable bonds is 6. The summed E-state index contributed by atoms with van der Waals surface area (Å²) >= 11 is 3.54. The summed E-state index contributed by atoms with van der Waals surface area (Å²) in [5, 5.41) is 1.05. The monoisotopic (exact) mass is 297 g/mol. The first-order valence-electron chi connectivity index (χ1n) is 6.43. The van der Waals surface area contributed by atoms with Crippen molar-refractivity contribution in [3.05, 3.63) is 34.4 Å². The second-order valence-corrected chi connectivity index (χ2v) is 5.64. The first-order valence-corrected chi connectivity index (χ1v) is 7.55. The zero-order valence-electron chi connectivity index (χ0n) is 11.5. The van der Waals surface area contributed by atoms with E-state index in [1.54, 1.807) is 0 Å². The standard InChI is InChI=1S/C15H24BrN/c1-5-7-17(8-6-16)11-15-13(3)9-12(2)10-14(15)4/h9-10H,5-8,11H2,1-4H3. The Balaban J connectivity index is 2.84. The van der Waals surface area contributed by atoms with Gasteiger partial charge in [-0.25, -0.2) is 0 Å². The van der Waals surface area contributed by atoms with Gasteiger partial charge in [0.05, 0.1) is 0 Å². The van der Waals surface area contributed by atoms with Gasteiger partial charge in [-0.1, -0.05) is 40.5 Å². The number of hydrogen-bond donors (Lipinski definition) is 0. The normalized spacial score (nSPS) is 11.2. The minimum atomic E-state index is 1.05. The van der Waals surface area contributed by atoms with Crippen LogP contribution in [0.15, 0.2) is 12.1 Å². The largest absolute Gasteiger partial charge is 0.298 e. The molecule has 1 nitrogen and oxygen atoms in total. The number of benzene rings is 1. The molecule has 0 N–H and O–H groups in total. The number of nitrogens with zero attached hydrogens (tertiary/aromatic N) is 1. The summed E-state index contributed by atoms with van der Waals surface area (Å²) in [6.45, 7) is 12.3. The molecule has 0 aliphatic heterocycles. The Bertz CT molecular complexity index is 331. The maximum absolute atomic E-state index is 3.54. The van der Waals surface area contributed by atoms with Crippen molar-refractivity contribution in [1.29, 1.82) is 0 Å². The predicted octanol–water partition coefficient (Wildman–Crippen LogP) is 4.22. The molecular weight excluding hydrogens is 274 g/mol. The van der Waals surface area contributed by atoms with Gasteiger partial charge in [0.2, 0.25) is 0 Å². The highest BCUT2D eigenvalue weighted by molar-refractivity contribution is 9.09. The predicted molar refractivity (Wildman–Crippen MR) is 80.0 cm³/mol. The fraction of sp³-hybridized carbons (Fsp3) is 0.600. The van der Waals surface area contributed by atoms with Gasteiger partial charge in [0, 0.05) is 18.4 Å². The van der Waals surface area contributed by atoms with Crippen LogP contribution in [0.25, 0.3) is 0 Å². The van der Waals surface area contributed by atoms with E-state index < -0.39 is 0 Å².